The first-order chi connectivity index (χ1) is 14.7. The van der Waals surface area contributed by atoms with E-state index in [4.69, 9.17) is 26.4 Å². The Bertz CT molecular complexity index is 1200. The number of allylic oxidation sites excluding steroid dienone is 2. The molecule has 1 aliphatic carbocycles. The Hall–Kier alpha value is -3.07. The Morgan fingerprint density at radius 2 is 1.65 bits per heavy atom. The van der Waals surface area contributed by atoms with Gasteiger partial charge in [-0.3, -0.25) is 14.6 Å². The Labute approximate surface area is 184 Å². The number of fused-ring (bicyclic) bond motifs is 1. The number of H-pyrrole nitrogens is 2. The van der Waals surface area contributed by atoms with Crippen molar-refractivity contribution in [1.29, 1.82) is 0 Å². The van der Waals surface area contributed by atoms with Crippen LogP contribution in [0.5, 0.6) is 17.2 Å². The number of methoxy groups -OCH3 is 3. The van der Waals surface area contributed by atoms with Gasteiger partial charge in [0, 0.05) is 23.6 Å². The summed E-state index contributed by atoms with van der Waals surface area (Å²) >= 11 is 5.18. The van der Waals surface area contributed by atoms with E-state index in [-0.39, 0.29) is 21.5 Å². The van der Waals surface area contributed by atoms with Crippen LogP contribution in [0.25, 0.3) is 0 Å². The van der Waals surface area contributed by atoms with Gasteiger partial charge in [-0.25, -0.2) is 0 Å². The molecule has 1 aromatic heterocycles. The molecule has 0 unspecified atom stereocenters. The van der Waals surface area contributed by atoms with Gasteiger partial charge >= 0.3 is 0 Å². The van der Waals surface area contributed by atoms with Crippen LogP contribution in [0.1, 0.15) is 43.7 Å². The number of ether oxygens (including phenoxy) is 3. The lowest BCUT2D eigenvalue weighted by atomic mass is 9.69. The molecular formula is C22H25N3O5S. The largest absolute Gasteiger partial charge is 0.493 e. The average Bonchev–Trinajstić information content (AvgIpc) is 2.69. The van der Waals surface area contributed by atoms with E-state index in [1.54, 1.807) is 12.1 Å². The zero-order valence-electron chi connectivity index (χ0n) is 18.1. The maximum atomic E-state index is 13.3. The molecule has 0 bridgehead atoms. The molecule has 2 aromatic rings. The summed E-state index contributed by atoms with van der Waals surface area (Å²) in [4.78, 5) is 32.0. The molecule has 8 nitrogen and oxygen atoms in total. The molecule has 0 spiro atoms. The summed E-state index contributed by atoms with van der Waals surface area (Å²) in [5, 5.41) is 3.28. The highest BCUT2D eigenvalue weighted by molar-refractivity contribution is 7.71. The highest BCUT2D eigenvalue weighted by atomic mass is 32.1. The molecule has 0 saturated carbocycles. The number of hydrogen-bond acceptors (Lipinski definition) is 7. The number of aromatic amines is 2. The van der Waals surface area contributed by atoms with E-state index < -0.39 is 5.92 Å². The highest BCUT2D eigenvalue weighted by Crippen LogP contribution is 2.50. The van der Waals surface area contributed by atoms with Gasteiger partial charge in [0.15, 0.2) is 22.1 Å². The summed E-state index contributed by atoms with van der Waals surface area (Å²) in [5.41, 5.74) is 1.91. The highest BCUT2D eigenvalue weighted by Gasteiger charge is 2.42. The summed E-state index contributed by atoms with van der Waals surface area (Å²) < 4.78 is 16.7. The first-order valence-electron chi connectivity index (χ1n) is 9.88. The van der Waals surface area contributed by atoms with Crippen LogP contribution in [0.4, 0.5) is 5.82 Å². The topological polar surface area (TPSA) is 105 Å². The maximum Gasteiger partial charge on any atom is 0.257 e. The summed E-state index contributed by atoms with van der Waals surface area (Å²) in [6, 6.07) is 3.56. The standard InChI is InChI=1S/C22H25N3O5S/c1-22(2)8-11-16(12(26)9-22)15(17-19(23-11)24-21(31)25-20(17)27)10-6-13(28-3)18(30-5)14(7-10)29-4/h6-7,15H,8-9H2,1-5H3,(H3,23,24,25,27,31)/t15-/m1/s1. The van der Waals surface area contributed by atoms with Crippen LogP contribution in [0, 0.1) is 10.2 Å². The number of ketones is 1. The molecule has 9 heteroatoms. The maximum absolute atomic E-state index is 13.3. The first-order valence-corrected chi connectivity index (χ1v) is 10.3. The Morgan fingerprint density at radius 1 is 1.00 bits per heavy atom. The van der Waals surface area contributed by atoms with Gasteiger partial charge in [0.1, 0.15) is 5.82 Å². The third-order valence-corrected chi connectivity index (χ3v) is 5.98. The van der Waals surface area contributed by atoms with Crippen molar-refractivity contribution in [2.75, 3.05) is 26.6 Å². The number of rotatable bonds is 4. The lowest BCUT2D eigenvalue weighted by Gasteiger charge is -2.38. The Kier molecular flexibility index (Phi) is 5.17. The fraction of sp³-hybridized carbons (Fsp3) is 0.409. The second-order valence-electron chi connectivity index (χ2n) is 8.55. The number of carbonyl (C=O) groups excluding carboxylic acids is 1. The van der Waals surface area contributed by atoms with Crippen molar-refractivity contribution in [3.05, 3.63) is 49.7 Å². The van der Waals surface area contributed by atoms with Gasteiger partial charge in [-0.1, -0.05) is 13.8 Å². The van der Waals surface area contributed by atoms with Gasteiger partial charge in [-0.15, -0.1) is 0 Å². The molecule has 1 aliphatic heterocycles. The van der Waals surface area contributed by atoms with Crippen LogP contribution < -0.4 is 25.1 Å². The van der Waals surface area contributed by atoms with E-state index in [0.29, 0.717) is 52.6 Å². The zero-order chi connectivity index (χ0) is 22.5. The number of carbonyl (C=O) groups is 1. The second kappa shape index (κ2) is 7.56. The van der Waals surface area contributed by atoms with Crippen LogP contribution in [-0.4, -0.2) is 37.1 Å². The van der Waals surface area contributed by atoms with Crippen molar-refractivity contribution in [3.8, 4) is 17.2 Å². The van der Waals surface area contributed by atoms with Crippen molar-refractivity contribution < 1.29 is 19.0 Å². The van der Waals surface area contributed by atoms with Crippen LogP contribution in [0.3, 0.4) is 0 Å². The third kappa shape index (κ3) is 3.52. The third-order valence-electron chi connectivity index (χ3n) is 5.77. The van der Waals surface area contributed by atoms with Gasteiger partial charge in [0.05, 0.1) is 26.9 Å². The van der Waals surface area contributed by atoms with E-state index in [1.807, 2.05) is 0 Å². The fourth-order valence-electron chi connectivity index (χ4n) is 4.55. The van der Waals surface area contributed by atoms with Crippen molar-refractivity contribution in [3.63, 3.8) is 0 Å². The number of nitrogens with one attached hydrogen (secondary N) is 3. The van der Waals surface area contributed by atoms with E-state index in [2.05, 4.69) is 29.1 Å². The monoisotopic (exact) mass is 443 g/mol. The number of aromatic nitrogens is 2. The molecular weight excluding hydrogens is 418 g/mol. The Morgan fingerprint density at radius 3 is 2.23 bits per heavy atom. The van der Waals surface area contributed by atoms with Crippen molar-refractivity contribution in [1.82, 2.24) is 9.97 Å². The SMILES string of the molecule is COc1cc([C@@H]2C3=C(CC(C)(C)CC3=O)Nc3[nH]c(=S)[nH]c(=O)c32)cc(OC)c1OC. The lowest BCUT2D eigenvalue weighted by molar-refractivity contribution is -0.118. The number of hydrogen-bond donors (Lipinski definition) is 3. The molecule has 0 amide bonds. The van der Waals surface area contributed by atoms with E-state index in [9.17, 15) is 9.59 Å². The predicted octanol–water partition coefficient (Wildman–Crippen LogP) is 3.66. The number of Topliss-reactive ketones (excluding diaryl/α,β-unsaturated/α-hetero) is 1. The van der Waals surface area contributed by atoms with Crippen LogP contribution in [-0.2, 0) is 4.79 Å². The van der Waals surface area contributed by atoms with Crippen molar-refractivity contribution in [2.24, 2.45) is 5.41 Å². The normalized spacial score (nSPS) is 19.3. The molecule has 1 atom stereocenters. The van der Waals surface area contributed by atoms with Crippen molar-refractivity contribution >= 4 is 23.8 Å². The minimum Gasteiger partial charge on any atom is -0.493 e. The summed E-state index contributed by atoms with van der Waals surface area (Å²) in [7, 11) is 4.58. The van der Waals surface area contributed by atoms with E-state index in [1.165, 1.54) is 21.3 Å². The molecule has 0 radical (unpaired) electrons. The van der Waals surface area contributed by atoms with Crippen LogP contribution in [0.2, 0.25) is 0 Å². The molecule has 2 heterocycles. The smallest absolute Gasteiger partial charge is 0.257 e. The first kappa shape index (κ1) is 21.2. The lowest BCUT2D eigenvalue weighted by Crippen LogP contribution is -2.36. The molecule has 3 N–H and O–H groups in total. The van der Waals surface area contributed by atoms with Crippen LogP contribution in [0.15, 0.2) is 28.2 Å². The molecule has 1 aromatic carbocycles. The summed E-state index contributed by atoms with van der Waals surface area (Å²) in [5.74, 6) is 1.22. The molecule has 164 valence electrons. The quantitative estimate of drug-likeness (QED) is 0.619. The number of anilines is 1. The predicted molar refractivity (Wildman–Crippen MR) is 119 cm³/mol. The fourth-order valence-corrected chi connectivity index (χ4v) is 4.74. The number of benzene rings is 1. The van der Waals surface area contributed by atoms with Gasteiger partial charge in [0.25, 0.3) is 5.56 Å². The molecule has 0 saturated heterocycles. The van der Waals surface area contributed by atoms with Crippen LogP contribution >= 0.6 is 12.2 Å². The van der Waals surface area contributed by atoms with Gasteiger partial charge in [-0.05, 0) is 41.7 Å². The molecule has 2 aliphatic rings. The molecule has 0 fully saturated rings. The van der Waals surface area contributed by atoms with Gasteiger partial charge < -0.3 is 24.5 Å². The zero-order valence-corrected chi connectivity index (χ0v) is 18.9. The molecule has 4 rings (SSSR count). The van der Waals surface area contributed by atoms with E-state index in [0.717, 1.165) is 5.70 Å². The average molecular weight is 444 g/mol. The van der Waals surface area contributed by atoms with Gasteiger partial charge in [-0.2, -0.15) is 0 Å². The van der Waals surface area contributed by atoms with Crippen molar-refractivity contribution in [2.45, 2.75) is 32.6 Å². The molecule has 31 heavy (non-hydrogen) atoms. The summed E-state index contributed by atoms with van der Waals surface area (Å²) in [6.07, 6.45) is 1.06. The Balaban J connectivity index is 2.04. The minimum atomic E-state index is -0.612. The van der Waals surface area contributed by atoms with E-state index >= 15 is 0 Å². The minimum absolute atomic E-state index is 0.00463. The van der Waals surface area contributed by atoms with Gasteiger partial charge in [0.2, 0.25) is 5.75 Å². The second-order valence-corrected chi connectivity index (χ2v) is 8.96. The summed E-state index contributed by atoms with van der Waals surface area (Å²) in [6.45, 7) is 4.11.